The number of anilines is 2. The van der Waals surface area contributed by atoms with Crippen LogP contribution in [0.15, 0.2) is 36.4 Å². The van der Waals surface area contributed by atoms with Crippen molar-refractivity contribution < 1.29 is 9.90 Å². The van der Waals surface area contributed by atoms with Crippen LogP contribution in [0.5, 0.6) is 0 Å². The highest BCUT2D eigenvalue weighted by molar-refractivity contribution is 6.29. The molecule has 1 aromatic carbocycles. The first-order valence-corrected chi connectivity index (χ1v) is 6.61. The van der Waals surface area contributed by atoms with Crippen LogP contribution < -0.4 is 5.32 Å². The molecule has 0 aliphatic rings. The Bertz CT molecular complexity index is 642. The molecule has 0 atom stereocenters. The molecule has 0 radical (unpaired) electrons. The molecule has 1 heterocycles. The van der Waals surface area contributed by atoms with E-state index in [4.69, 9.17) is 16.7 Å². The fraction of sp³-hybridized carbons (Fsp3) is 0.200. The van der Waals surface area contributed by atoms with Crippen LogP contribution in [0.25, 0.3) is 0 Å². The lowest BCUT2D eigenvalue weighted by Crippen LogP contribution is -2.01. The molecule has 0 unspecified atom stereocenters. The molecule has 20 heavy (non-hydrogen) atoms. The minimum atomic E-state index is -1.03. The number of carbonyl (C=O) groups is 1. The van der Waals surface area contributed by atoms with Crippen molar-refractivity contribution in [2.75, 3.05) is 5.32 Å². The van der Waals surface area contributed by atoms with Gasteiger partial charge in [-0.1, -0.05) is 37.6 Å². The van der Waals surface area contributed by atoms with Crippen molar-refractivity contribution in [3.05, 3.63) is 52.7 Å². The number of carboxylic acids is 1. The fourth-order valence-electron chi connectivity index (χ4n) is 1.81. The lowest BCUT2D eigenvalue weighted by atomic mass is 10.0. The van der Waals surface area contributed by atoms with E-state index in [0.717, 1.165) is 5.69 Å². The maximum absolute atomic E-state index is 11.0. The first kappa shape index (κ1) is 14.3. The van der Waals surface area contributed by atoms with Crippen LogP contribution in [0.3, 0.4) is 0 Å². The Morgan fingerprint density at radius 2 is 2.05 bits per heavy atom. The second kappa shape index (κ2) is 5.92. The molecule has 4 nitrogen and oxygen atoms in total. The molecule has 5 heteroatoms. The molecule has 1 aromatic heterocycles. The Hall–Kier alpha value is -2.07. The van der Waals surface area contributed by atoms with Crippen molar-refractivity contribution in [1.82, 2.24) is 4.98 Å². The van der Waals surface area contributed by atoms with Crippen molar-refractivity contribution in [3.63, 3.8) is 0 Å². The molecule has 0 amide bonds. The van der Waals surface area contributed by atoms with E-state index in [9.17, 15) is 4.79 Å². The summed E-state index contributed by atoms with van der Waals surface area (Å²) in [6.45, 7) is 4.22. The maximum atomic E-state index is 11.0. The monoisotopic (exact) mass is 290 g/mol. The average Bonchev–Trinajstić information content (AvgIpc) is 2.38. The lowest BCUT2D eigenvalue weighted by molar-refractivity contribution is 0.0697. The van der Waals surface area contributed by atoms with Crippen LogP contribution in [-0.2, 0) is 0 Å². The average molecular weight is 291 g/mol. The molecular weight excluding hydrogens is 276 g/mol. The number of rotatable bonds is 4. The Balaban J connectivity index is 2.30. The summed E-state index contributed by atoms with van der Waals surface area (Å²) in [5.41, 5.74) is 2.14. The van der Waals surface area contributed by atoms with Crippen molar-refractivity contribution in [2.24, 2.45) is 0 Å². The van der Waals surface area contributed by atoms with Gasteiger partial charge in [0.15, 0.2) is 0 Å². The van der Waals surface area contributed by atoms with Crippen molar-refractivity contribution in [2.45, 2.75) is 19.8 Å². The zero-order valence-electron chi connectivity index (χ0n) is 11.2. The lowest BCUT2D eigenvalue weighted by Gasteiger charge is -2.10. The van der Waals surface area contributed by atoms with Crippen molar-refractivity contribution in [1.29, 1.82) is 0 Å². The number of aromatic carboxylic acids is 1. The smallest absolute Gasteiger partial charge is 0.335 e. The summed E-state index contributed by atoms with van der Waals surface area (Å²) in [7, 11) is 0. The molecule has 0 spiro atoms. The maximum Gasteiger partial charge on any atom is 0.335 e. The first-order valence-electron chi connectivity index (χ1n) is 6.23. The molecule has 2 rings (SSSR count). The van der Waals surface area contributed by atoms with Gasteiger partial charge in [-0.15, -0.1) is 0 Å². The summed E-state index contributed by atoms with van der Waals surface area (Å²) in [6.07, 6.45) is 0. The molecule has 0 aliphatic heterocycles. The molecule has 0 bridgehead atoms. The topological polar surface area (TPSA) is 62.2 Å². The zero-order chi connectivity index (χ0) is 14.7. The third-order valence-corrected chi connectivity index (χ3v) is 3.06. The van der Waals surface area contributed by atoms with Gasteiger partial charge in [0.05, 0.1) is 5.56 Å². The fourth-order valence-corrected chi connectivity index (χ4v) is 2.02. The predicted molar refractivity (Wildman–Crippen MR) is 80.0 cm³/mol. The minimum absolute atomic E-state index is 0.104. The SMILES string of the molecule is CC(C)c1cccc(Nc2cc(C(=O)O)cc(Cl)n2)c1. The molecule has 0 aliphatic carbocycles. The van der Waals surface area contributed by atoms with Crippen LogP contribution in [0.4, 0.5) is 11.5 Å². The quantitative estimate of drug-likeness (QED) is 0.824. The van der Waals surface area contributed by atoms with Gasteiger partial charge in [-0.2, -0.15) is 0 Å². The Morgan fingerprint density at radius 1 is 1.30 bits per heavy atom. The number of hydrogen-bond donors (Lipinski definition) is 2. The second-order valence-corrected chi connectivity index (χ2v) is 5.16. The van der Waals surface area contributed by atoms with Gasteiger partial charge >= 0.3 is 5.97 Å². The Kier molecular flexibility index (Phi) is 4.25. The molecule has 0 saturated heterocycles. The molecule has 2 N–H and O–H groups in total. The van der Waals surface area contributed by atoms with Gasteiger partial charge in [0.25, 0.3) is 0 Å². The summed E-state index contributed by atoms with van der Waals surface area (Å²) in [4.78, 5) is 15.1. The first-order chi connectivity index (χ1) is 9.45. The third kappa shape index (κ3) is 3.48. The highest BCUT2D eigenvalue weighted by atomic mass is 35.5. The number of halogens is 1. The molecule has 0 saturated carbocycles. The number of nitrogens with zero attached hydrogens (tertiary/aromatic N) is 1. The number of aromatic nitrogens is 1. The number of nitrogens with one attached hydrogen (secondary N) is 1. The minimum Gasteiger partial charge on any atom is -0.478 e. The summed E-state index contributed by atoms with van der Waals surface area (Å²) in [5, 5.41) is 12.2. The second-order valence-electron chi connectivity index (χ2n) is 4.77. The van der Waals surface area contributed by atoms with E-state index in [0.29, 0.717) is 11.7 Å². The molecular formula is C15H15ClN2O2. The van der Waals surface area contributed by atoms with E-state index in [1.165, 1.54) is 17.7 Å². The van der Waals surface area contributed by atoms with Crippen LogP contribution in [0.2, 0.25) is 5.15 Å². The van der Waals surface area contributed by atoms with Gasteiger partial charge in [0.2, 0.25) is 0 Å². The number of pyridine rings is 1. The normalized spacial score (nSPS) is 10.6. The van der Waals surface area contributed by atoms with Gasteiger partial charge < -0.3 is 10.4 Å². The predicted octanol–water partition coefficient (Wildman–Crippen LogP) is 4.30. The van der Waals surface area contributed by atoms with Crippen molar-refractivity contribution in [3.8, 4) is 0 Å². The molecule has 2 aromatic rings. The van der Waals surface area contributed by atoms with E-state index in [2.05, 4.69) is 24.1 Å². The van der Waals surface area contributed by atoms with E-state index in [-0.39, 0.29) is 10.7 Å². The zero-order valence-corrected chi connectivity index (χ0v) is 12.0. The van der Waals surface area contributed by atoms with Crippen molar-refractivity contribution >= 4 is 29.1 Å². The van der Waals surface area contributed by atoms with Gasteiger partial charge in [-0.05, 0) is 35.7 Å². The summed E-state index contributed by atoms with van der Waals surface area (Å²) in [5.74, 6) is -0.206. The Morgan fingerprint density at radius 3 is 2.70 bits per heavy atom. The van der Waals surface area contributed by atoms with Crippen LogP contribution in [0, 0.1) is 0 Å². The summed E-state index contributed by atoms with van der Waals surface area (Å²) in [6, 6.07) is 10.7. The van der Waals surface area contributed by atoms with Crippen LogP contribution in [-0.4, -0.2) is 16.1 Å². The standard InChI is InChI=1S/C15H15ClN2O2/c1-9(2)10-4-3-5-12(6-10)17-14-8-11(15(19)20)7-13(16)18-14/h3-9H,1-2H3,(H,17,18)(H,19,20). The van der Waals surface area contributed by atoms with Crippen LogP contribution >= 0.6 is 11.6 Å². The molecule has 104 valence electrons. The van der Waals surface area contributed by atoms with Gasteiger partial charge in [-0.25, -0.2) is 9.78 Å². The highest BCUT2D eigenvalue weighted by Crippen LogP contribution is 2.22. The number of carboxylic acid groups (broad SMARTS) is 1. The number of hydrogen-bond acceptors (Lipinski definition) is 3. The highest BCUT2D eigenvalue weighted by Gasteiger charge is 2.08. The van der Waals surface area contributed by atoms with Gasteiger partial charge in [0.1, 0.15) is 11.0 Å². The van der Waals surface area contributed by atoms with E-state index in [1.807, 2.05) is 24.3 Å². The number of benzene rings is 1. The van der Waals surface area contributed by atoms with Gasteiger partial charge in [-0.3, -0.25) is 0 Å². The van der Waals surface area contributed by atoms with E-state index in [1.54, 1.807) is 0 Å². The summed E-state index contributed by atoms with van der Waals surface area (Å²) < 4.78 is 0. The molecule has 0 fully saturated rings. The third-order valence-electron chi connectivity index (χ3n) is 2.87. The Labute approximate surface area is 122 Å². The van der Waals surface area contributed by atoms with E-state index >= 15 is 0 Å². The van der Waals surface area contributed by atoms with Gasteiger partial charge in [0, 0.05) is 5.69 Å². The van der Waals surface area contributed by atoms with Crippen LogP contribution in [0.1, 0.15) is 35.7 Å². The van der Waals surface area contributed by atoms with E-state index < -0.39 is 5.97 Å². The summed E-state index contributed by atoms with van der Waals surface area (Å²) >= 11 is 5.83. The largest absolute Gasteiger partial charge is 0.478 e.